The summed E-state index contributed by atoms with van der Waals surface area (Å²) < 4.78 is 38.9. The summed E-state index contributed by atoms with van der Waals surface area (Å²) in [6.07, 6.45) is 1.70. The van der Waals surface area contributed by atoms with Crippen molar-refractivity contribution in [2.75, 3.05) is 24.6 Å². The second kappa shape index (κ2) is 27.7. The SMILES string of the molecule is CCP(=O)(c1ccc(Cl)cc1)c1ccc(Cl)cc1.CCP(c1ccc(Cl)cc1)c1ccc(Cl)cc1.CP(=O)(c1ccc(Cl)cc1)c1ccc(Cl)cc1.O=P(CCl)(c1ccc(Cl)cc1)c1ccc(Cl)cc1. The molecule has 0 saturated carbocycles. The number of rotatable bonds is 11. The first-order valence-electron chi connectivity index (χ1n) is 21.5. The molecular weight excluding hydrogens is 1140 g/mol. The third kappa shape index (κ3) is 16.2. The van der Waals surface area contributed by atoms with Crippen molar-refractivity contribution in [3.05, 3.63) is 234 Å². The van der Waals surface area contributed by atoms with Crippen LogP contribution in [0.3, 0.4) is 0 Å². The molecule has 8 rings (SSSR count). The van der Waals surface area contributed by atoms with Gasteiger partial charge in [0.15, 0.2) is 7.14 Å². The van der Waals surface area contributed by atoms with Crippen molar-refractivity contribution in [2.45, 2.75) is 13.8 Å². The normalized spacial score (nSPS) is 11.3. The average Bonchev–Trinajstić information content (AvgIpc) is 3.36. The van der Waals surface area contributed by atoms with Gasteiger partial charge in [-0.2, -0.15) is 0 Å². The Kier molecular flexibility index (Phi) is 23.1. The van der Waals surface area contributed by atoms with E-state index in [1.807, 2.05) is 55.5 Å². The van der Waals surface area contributed by atoms with E-state index in [9.17, 15) is 13.7 Å². The quantitative estimate of drug-likeness (QED) is 0.0958. The second-order valence-corrected chi connectivity index (χ2v) is 30.9. The molecule has 8 aromatic carbocycles. The smallest absolute Gasteiger partial charge is 0.157 e. The minimum absolute atomic E-state index is 0.0518. The van der Waals surface area contributed by atoms with Gasteiger partial charge < -0.3 is 13.7 Å². The summed E-state index contributed by atoms with van der Waals surface area (Å²) >= 11 is 52.8. The van der Waals surface area contributed by atoms with E-state index in [4.69, 9.17) is 104 Å². The molecule has 0 saturated heterocycles. The first kappa shape index (κ1) is 58.4. The van der Waals surface area contributed by atoms with Crippen LogP contribution in [0, 0.1) is 0 Å². The number of alkyl halides is 1. The maximum Gasteiger partial charge on any atom is 0.157 e. The van der Waals surface area contributed by atoms with Crippen LogP contribution in [0.15, 0.2) is 194 Å². The van der Waals surface area contributed by atoms with Crippen LogP contribution in [0.5, 0.6) is 0 Å². The Balaban J connectivity index is 0.000000174. The van der Waals surface area contributed by atoms with E-state index in [0.717, 1.165) is 37.4 Å². The summed E-state index contributed by atoms with van der Waals surface area (Å²) in [5, 5.41) is 12.7. The summed E-state index contributed by atoms with van der Waals surface area (Å²) in [5.41, 5.74) is 0.0518. The average molecular weight is 1190 g/mol. The lowest BCUT2D eigenvalue weighted by Gasteiger charge is -2.17. The van der Waals surface area contributed by atoms with Gasteiger partial charge >= 0.3 is 0 Å². The van der Waals surface area contributed by atoms with E-state index in [1.165, 1.54) is 10.6 Å². The molecule has 0 aliphatic heterocycles. The molecule has 0 bridgehead atoms. The molecule has 70 heavy (non-hydrogen) atoms. The predicted molar refractivity (Wildman–Crippen MR) is 316 cm³/mol. The van der Waals surface area contributed by atoms with E-state index < -0.39 is 21.4 Å². The van der Waals surface area contributed by atoms with Gasteiger partial charge in [0, 0.05) is 78.2 Å². The molecule has 8 aromatic rings. The maximum atomic E-state index is 13.1. The summed E-state index contributed by atoms with van der Waals surface area (Å²) in [6.45, 7) is 5.90. The molecular formula is C54H47Cl9O3P4. The van der Waals surface area contributed by atoms with Crippen molar-refractivity contribution in [3.8, 4) is 0 Å². The molecule has 0 unspecified atom stereocenters. The summed E-state index contributed by atoms with van der Waals surface area (Å²) in [4.78, 5) is 0. The Labute approximate surface area is 458 Å². The van der Waals surface area contributed by atoms with Crippen LogP contribution in [-0.2, 0) is 13.7 Å². The Morgan fingerprint density at radius 3 is 0.729 bits per heavy atom. The van der Waals surface area contributed by atoms with Gasteiger partial charge in [-0.15, -0.1) is 11.6 Å². The van der Waals surface area contributed by atoms with Crippen molar-refractivity contribution in [1.82, 2.24) is 0 Å². The minimum atomic E-state index is -2.80. The lowest BCUT2D eigenvalue weighted by atomic mass is 10.4. The van der Waals surface area contributed by atoms with E-state index in [0.29, 0.717) is 46.9 Å². The van der Waals surface area contributed by atoms with E-state index >= 15 is 0 Å². The fraction of sp³-hybridized carbons (Fsp3) is 0.111. The monoisotopic (exact) mass is 1180 g/mol. The summed E-state index contributed by atoms with van der Waals surface area (Å²) in [5.74, 6) is 0. The largest absolute Gasteiger partial charge is 0.314 e. The van der Waals surface area contributed by atoms with Crippen LogP contribution in [0.4, 0.5) is 0 Å². The van der Waals surface area contributed by atoms with Gasteiger partial charge in [-0.1, -0.05) is 131 Å². The van der Waals surface area contributed by atoms with Gasteiger partial charge in [0.1, 0.15) is 14.3 Å². The molecule has 0 spiro atoms. The molecule has 0 aliphatic rings. The third-order valence-electron chi connectivity index (χ3n) is 10.8. The van der Waals surface area contributed by atoms with Crippen molar-refractivity contribution >= 4 is 176 Å². The molecule has 0 atom stereocenters. The second-order valence-electron chi connectivity index (χ2n) is 15.4. The van der Waals surface area contributed by atoms with Crippen LogP contribution in [-0.4, -0.2) is 24.6 Å². The van der Waals surface area contributed by atoms with Crippen LogP contribution in [0.1, 0.15) is 13.8 Å². The molecule has 0 amide bonds. The number of hydrogen-bond donors (Lipinski definition) is 0. The van der Waals surface area contributed by atoms with Gasteiger partial charge in [0.25, 0.3) is 0 Å². The van der Waals surface area contributed by atoms with Gasteiger partial charge in [-0.05, 0) is 201 Å². The van der Waals surface area contributed by atoms with Crippen molar-refractivity contribution in [2.24, 2.45) is 0 Å². The molecule has 0 heterocycles. The van der Waals surface area contributed by atoms with Crippen molar-refractivity contribution in [3.63, 3.8) is 0 Å². The highest BCUT2D eigenvalue weighted by Crippen LogP contribution is 2.45. The van der Waals surface area contributed by atoms with E-state index in [-0.39, 0.29) is 13.5 Å². The van der Waals surface area contributed by atoms with Crippen LogP contribution >= 0.6 is 134 Å². The van der Waals surface area contributed by atoms with Crippen LogP contribution < -0.4 is 42.4 Å². The zero-order valence-corrected chi connectivity index (χ0v) is 48.4. The topological polar surface area (TPSA) is 51.2 Å². The Morgan fingerprint density at radius 2 is 0.529 bits per heavy atom. The van der Waals surface area contributed by atoms with Crippen molar-refractivity contribution < 1.29 is 13.7 Å². The lowest BCUT2D eigenvalue weighted by Crippen LogP contribution is -2.17. The molecule has 0 fully saturated rings. The molecule has 0 aliphatic carbocycles. The third-order valence-corrected chi connectivity index (χ3v) is 24.6. The van der Waals surface area contributed by atoms with Gasteiger partial charge in [0.2, 0.25) is 0 Å². The van der Waals surface area contributed by atoms with Crippen LogP contribution in [0.25, 0.3) is 0 Å². The predicted octanol–water partition coefficient (Wildman–Crippen LogP) is 17.2. The Hall–Kier alpha value is -2.51. The highest BCUT2D eigenvalue weighted by molar-refractivity contribution is 7.80. The molecule has 0 radical (unpaired) electrons. The number of halogens is 9. The number of benzene rings is 8. The molecule has 364 valence electrons. The highest BCUT2D eigenvalue weighted by atomic mass is 35.5. The Morgan fingerprint density at radius 1 is 0.329 bits per heavy atom. The summed E-state index contributed by atoms with van der Waals surface area (Å²) in [6, 6.07) is 58.8. The minimum Gasteiger partial charge on any atom is -0.314 e. The fourth-order valence-corrected chi connectivity index (χ4v) is 16.6. The Bertz CT molecular complexity index is 2730. The van der Waals surface area contributed by atoms with Crippen LogP contribution in [0.2, 0.25) is 40.2 Å². The first-order valence-corrected chi connectivity index (χ1v) is 32.5. The molecule has 3 nitrogen and oxygen atoms in total. The zero-order chi connectivity index (χ0) is 51.1. The lowest BCUT2D eigenvalue weighted by molar-refractivity contribution is 0.587. The summed E-state index contributed by atoms with van der Waals surface area (Å²) in [7, 11) is -8.20. The molecule has 0 aromatic heterocycles. The fourth-order valence-electron chi connectivity index (χ4n) is 6.89. The van der Waals surface area contributed by atoms with E-state index in [2.05, 4.69) is 31.2 Å². The van der Waals surface area contributed by atoms with Gasteiger partial charge in [-0.3, -0.25) is 0 Å². The first-order chi connectivity index (χ1) is 33.3. The zero-order valence-electron chi connectivity index (χ0n) is 38.0. The van der Waals surface area contributed by atoms with Gasteiger partial charge in [0.05, 0.1) is 5.62 Å². The maximum absolute atomic E-state index is 13.1. The standard InChI is InChI=1S/C14H13Cl2OP.C14H13Cl2P.C13H10Cl3OP.C13H11Cl2OP/c1-2-18(17,13-7-3-11(15)4-8-13)14-9-5-12(16)6-10-14;1-2-17(13-7-3-11(15)4-8-13)14-9-5-12(16)6-10-14;14-9-18(17,12-5-1-10(15)2-6-12)13-7-3-11(16)4-8-13;1-17(16,12-6-2-10(14)3-7-12)13-8-4-11(15)5-9-13/h3-10H,2H2,1H3;3-10H,2H2,1H3;1-8H,9H2;2-9H,1H3. The van der Waals surface area contributed by atoms with Gasteiger partial charge in [-0.25, -0.2) is 0 Å². The molecule has 0 N–H and O–H groups in total. The van der Waals surface area contributed by atoms with E-state index in [1.54, 1.807) is 128 Å². The van der Waals surface area contributed by atoms with Crippen molar-refractivity contribution in [1.29, 1.82) is 0 Å². The highest BCUT2D eigenvalue weighted by Gasteiger charge is 2.27. The number of hydrogen-bond acceptors (Lipinski definition) is 3. The molecule has 16 heteroatoms.